The van der Waals surface area contributed by atoms with Gasteiger partial charge in [-0.2, -0.15) is 0 Å². The van der Waals surface area contributed by atoms with Crippen molar-refractivity contribution < 1.29 is 9.59 Å². The number of rotatable bonds is 5. The first-order valence-corrected chi connectivity index (χ1v) is 7.91. The van der Waals surface area contributed by atoms with Gasteiger partial charge in [0.25, 0.3) is 0 Å². The summed E-state index contributed by atoms with van der Waals surface area (Å²) in [4.78, 5) is 23.9. The van der Waals surface area contributed by atoms with Crippen LogP contribution in [0.2, 0.25) is 0 Å². The summed E-state index contributed by atoms with van der Waals surface area (Å²) in [5.74, 6) is 0.279. The zero-order chi connectivity index (χ0) is 16.3. The molecule has 2 amide bonds. The van der Waals surface area contributed by atoms with Crippen LogP contribution in [0.1, 0.15) is 50.8 Å². The lowest BCUT2D eigenvalue weighted by Crippen LogP contribution is -2.42. The number of aryl methyl sites for hydroxylation is 1. The van der Waals surface area contributed by atoms with E-state index in [0.717, 1.165) is 18.4 Å². The van der Waals surface area contributed by atoms with Crippen molar-refractivity contribution in [3.05, 3.63) is 35.4 Å². The maximum atomic E-state index is 12.1. The Morgan fingerprint density at radius 1 is 1.18 bits per heavy atom. The lowest BCUT2D eigenvalue weighted by molar-refractivity contribution is -0.131. The van der Waals surface area contributed by atoms with Crippen molar-refractivity contribution in [3.63, 3.8) is 0 Å². The highest BCUT2D eigenvalue weighted by molar-refractivity contribution is 5.87. The predicted molar refractivity (Wildman–Crippen MR) is 87.3 cm³/mol. The van der Waals surface area contributed by atoms with Gasteiger partial charge in [0.1, 0.15) is 0 Å². The minimum absolute atomic E-state index is 0.0329. The molecule has 1 unspecified atom stereocenters. The number of nitrogens with one attached hydrogen (secondary N) is 2. The van der Waals surface area contributed by atoms with E-state index in [2.05, 4.69) is 41.8 Å². The Balaban J connectivity index is 1.93. The van der Waals surface area contributed by atoms with Gasteiger partial charge in [0.05, 0.1) is 12.6 Å². The van der Waals surface area contributed by atoms with Crippen LogP contribution < -0.4 is 10.6 Å². The van der Waals surface area contributed by atoms with Gasteiger partial charge in [-0.15, -0.1) is 0 Å². The van der Waals surface area contributed by atoms with Gasteiger partial charge in [-0.1, -0.05) is 50.6 Å². The average Bonchev–Trinajstić information content (AvgIpc) is 3.26. The Kier molecular flexibility index (Phi) is 4.89. The van der Waals surface area contributed by atoms with Crippen LogP contribution in [0.25, 0.3) is 0 Å². The van der Waals surface area contributed by atoms with Gasteiger partial charge in [0, 0.05) is 5.41 Å². The third-order valence-electron chi connectivity index (χ3n) is 3.94. The molecule has 1 aliphatic carbocycles. The van der Waals surface area contributed by atoms with E-state index in [1.807, 2.05) is 20.8 Å². The Hall–Kier alpha value is -1.84. The van der Waals surface area contributed by atoms with E-state index >= 15 is 0 Å². The molecular formula is C18H26N2O2. The van der Waals surface area contributed by atoms with E-state index in [4.69, 9.17) is 0 Å². The van der Waals surface area contributed by atoms with Gasteiger partial charge in [-0.25, -0.2) is 0 Å². The van der Waals surface area contributed by atoms with E-state index in [-0.39, 0.29) is 24.4 Å². The molecule has 0 radical (unpaired) electrons. The molecule has 1 atom stereocenters. The molecule has 0 spiro atoms. The first-order chi connectivity index (χ1) is 10.3. The van der Waals surface area contributed by atoms with Crippen LogP contribution in [0, 0.1) is 18.3 Å². The first kappa shape index (κ1) is 16.5. The Bertz CT molecular complexity index is 539. The van der Waals surface area contributed by atoms with Crippen LogP contribution in [-0.4, -0.2) is 18.4 Å². The van der Waals surface area contributed by atoms with Crippen molar-refractivity contribution >= 4 is 11.8 Å². The van der Waals surface area contributed by atoms with Crippen LogP contribution in [-0.2, 0) is 9.59 Å². The minimum Gasteiger partial charge on any atom is -0.347 e. The molecule has 4 heteroatoms. The predicted octanol–water partition coefficient (Wildman–Crippen LogP) is 2.72. The summed E-state index contributed by atoms with van der Waals surface area (Å²) in [5.41, 5.74) is 1.87. The molecule has 22 heavy (non-hydrogen) atoms. The number of hydrogen-bond acceptors (Lipinski definition) is 2. The van der Waals surface area contributed by atoms with Gasteiger partial charge in [-0.05, 0) is 31.2 Å². The lowest BCUT2D eigenvalue weighted by atomic mass is 9.96. The standard InChI is InChI=1S/C18H26N2O2/c1-12-5-7-13(8-6-12)16(14-9-10-14)20-15(21)11-19-17(22)18(2,3)4/h5-8,14,16H,9-11H2,1-4H3,(H,19,22)(H,20,21). The highest BCUT2D eigenvalue weighted by Gasteiger charge is 2.33. The van der Waals surface area contributed by atoms with E-state index in [1.165, 1.54) is 5.56 Å². The molecule has 0 aromatic heterocycles. The maximum absolute atomic E-state index is 12.1. The second-order valence-electron chi connectivity index (χ2n) is 7.23. The van der Waals surface area contributed by atoms with Crippen LogP contribution in [0.4, 0.5) is 0 Å². The fraction of sp³-hybridized carbons (Fsp3) is 0.556. The molecule has 120 valence electrons. The zero-order valence-corrected chi connectivity index (χ0v) is 13.9. The number of benzene rings is 1. The van der Waals surface area contributed by atoms with Crippen LogP contribution in [0.5, 0.6) is 0 Å². The van der Waals surface area contributed by atoms with E-state index in [0.29, 0.717) is 5.92 Å². The molecule has 0 saturated heterocycles. The van der Waals surface area contributed by atoms with Crippen molar-refractivity contribution in [1.82, 2.24) is 10.6 Å². The first-order valence-electron chi connectivity index (χ1n) is 7.91. The van der Waals surface area contributed by atoms with Crippen molar-refractivity contribution in [2.24, 2.45) is 11.3 Å². The molecule has 1 aromatic carbocycles. The number of carbonyl (C=O) groups is 2. The topological polar surface area (TPSA) is 58.2 Å². The quantitative estimate of drug-likeness (QED) is 0.878. The molecule has 1 fully saturated rings. The average molecular weight is 302 g/mol. The molecule has 1 aliphatic rings. The van der Waals surface area contributed by atoms with Gasteiger partial charge >= 0.3 is 0 Å². The second kappa shape index (κ2) is 6.51. The number of hydrogen-bond donors (Lipinski definition) is 2. The maximum Gasteiger partial charge on any atom is 0.239 e. The Morgan fingerprint density at radius 2 is 1.77 bits per heavy atom. The summed E-state index contributed by atoms with van der Waals surface area (Å²) in [6, 6.07) is 8.34. The van der Waals surface area contributed by atoms with Crippen molar-refractivity contribution in [3.8, 4) is 0 Å². The van der Waals surface area contributed by atoms with Crippen LogP contribution >= 0.6 is 0 Å². The Labute approximate surface area is 132 Å². The zero-order valence-electron chi connectivity index (χ0n) is 13.9. The van der Waals surface area contributed by atoms with Crippen LogP contribution in [0.3, 0.4) is 0 Å². The third kappa shape index (κ3) is 4.58. The van der Waals surface area contributed by atoms with Gasteiger partial charge in [0.2, 0.25) is 11.8 Å². The van der Waals surface area contributed by atoms with E-state index in [9.17, 15) is 9.59 Å². The number of amides is 2. The molecule has 1 saturated carbocycles. The monoisotopic (exact) mass is 302 g/mol. The van der Waals surface area contributed by atoms with E-state index < -0.39 is 5.41 Å². The summed E-state index contributed by atoms with van der Waals surface area (Å²) < 4.78 is 0. The van der Waals surface area contributed by atoms with Crippen molar-refractivity contribution in [2.75, 3.05) is 6.54 Å². The lowest BCUT2D eigenvalue weighted by Gasteiger charge is -2.21. The fourth-order valence-corrected chi connectivity index (χ4v) is 2.33. The molecule has 2 N–H and O–H groups in total. The van der Waals surface area contributed by atoms with Gasteiger partial charge in [-0.3, -0.25) is 9.59 Å². The van der Waals surface area contributed by atoms with E-state index in [1.54, 1.807) is 0 Å². The molecule has 1 aromatic rings. The summed E-state index contributed by atoms with van der Waals surface area (Å²) >= 11 is 0. The van der Waals surface area contributed by atoms with Crippen LogP contribution in [0.15, 0.2) is 24.3 Å². The molecule has 4 nitrogen and oxygen atoms in total. The summed E-state index contributed by atoms with van der Waals surface area (Å²) in [6.45, 7) is 7.58. The SMILES string of the molecule is Cc1ccc(C(NC(=O)CNC(=O)C(C)(C)C)C2CC2)cc1. The summed E-state index contributed by atoms with van der Waals surface area (Å²) in [6.07, 6.45) is 2.29. The van der Waals surface area contributed by atoms with Crippen molar-refractivity contribution in [1.29, 1.82) is 0 Å². The van der Waals surface area contributed by atoms with Gasteiger partial charge < -0.3 is 10.6 Å². The highest BCUT2D eigenvalue weighted by Crippen LogP contribution is 2.40. The fourth-order valence-electron chi connectivity index (χ4n) is 2.33. The highest BCUT2D eigenvalue weighted by atomic mass is 16.2. The molecule has 2 rings (SSSR count). The molecule has 0 bridgehead atoms. The minimum atomic E-state index is -0.479. The Morgan fingerprint density at radius 3 is 2.27 bits per heavy atom. The normalized spacial score (nSPS) is 16.0. The van der Waals surface area contributed by atoms with Gasteiger partial charge in [0.15, 0.2) is 0 Å². The second-order valence-corrected chi connectivity index (χ2v) is 7.23. The van der Waals surface area contributed by atoms with Crippen molar-refractivity contribution in [2.45, 2.75) is 46.6 Å². The molecule has 0 aliphatic heterocycles. The molecular weight excluding hydrogens is 276 g/mol. The summed E-state index contributed by atoms with van der Waals surface area (Å²) in [5, 5.41) is 5.76. The largest absolute Gasteiger partial charge is 0.347 e. The third-order valence-corrected chi connectivity index (χ3v) is 3.94. The molecule has 0 heterocycles. The summed E-state index contributed by atoms with van der Waals surface area (Å²) in [7, 11) is 0. The smallest absolute Gasteiger partial charge is 0.239 e. The number of carbonyl (C=O) groups excluding carboxylic acids is 2.